The van der Waals surface area contributed by atoms with Crippen LogP contribution in [0.15, 0.2) is 24.5 Å². The van der Waals surface area contributed by atoms with Crippen LogP contribution in [0.1, 0.15) is 64.8 Å². The fraction of sp³-hybridized carbons (Fsp3) is 0.583. The third-order valence-corrected chi connectivity index (χ3v) is 6.79. The van der Waals surface area contributed by atoms with Gasteiger partial charge in [0, 0.05) is 55.9 Å². The number of nitrogens with one attached hydrogen (secondary N) is 1. The molecule has 0 unspecified atom stereocenters. The van der Waals surface area contributed by atoms with E-state index >= 15 is 0 Å². The van der Waals surface area contributed by atoms with Gasteiger partial charge in [-0.25, -0.2) is 4.98 Å². The van der Waals surface area contributed by atoms with Gasteiger partial charge in [-0.15, -0.1) is 0 Å². The van der Waals surface area contributed by atoms with Crippen LogP contribution in [-0.4, -0.2) is 50.9 Å². The van der Waals surface area contributed by atoms with E-state index in [1.54, 1.807) is 0 Å². The van der Waals surface area contributed by atoms with Gasteiger partial charge in [-0.3, -0.25) is 4.68 Å². The van der Waals surface area contributed by atoms with Gasteiger partial charge in [-0.2, -0.15) is 15.1 Å². The van der Waals surface area contributed by atoms with Crippen LogP contribution in [0.25, 0.3) is 10.9 Å². The summed E-state index contributed by atoms with van der Waals surface area (Å²) in [5.41, 5.74) is 1.07. The topological polar surface area (TPSA) is 75.0 Å². The fourth-order valence-electron chi connectivity index (χ4n) is 4.93. The van der Waals surface area contributed by atoms with E-state index in [9.17, 15) is 0 Å². The second-order valence-corrected chi connectivity index (χ2v) is 9.44. The first kappa shape index (κ1) is 21.0. The lowest BCUT2D eigenvalue weighted by Crippen LogP contribution is -2.35. The lowest BCUT2D eigenvalue weighted by molar-refractivity contribution is 0.424. The summed E-state index contributed by atoms with van der Waals surface area (Å²) in [7, 11) is 2.15. The predicted molar refractivity (Wildman–Crippen MR) is 130 cm³/mol. The van der Waals surface area contributed by atoms with Gasteiger partial charge in [0.05, 0.1) is 11.7 Å². The molecule has 0 atom stereocenters. The van der Waals surface area contributed by atoms with E-state index in [-0.39, 0.29) is 0 Å². The quantitative estimate of drug-likeness (QED) is 0.590. The van der Waals surface area contributed by atoms with Crippen molar-refractivity contribution < 1.29 is 0 Å². The molecule has 1 aliphatic heterocycles. The Labute approximate surface area is 190 Å². The number of fused-ring (bicyclic) bond motifs is 1. The van der Waals surface area contributed by atoms with Crippen LogP contribution in [0.4, 0.5) is 23.4 Å². The number of nitrogens with zero attached hydrogens (tertiary/aromatic N) is 7. The van der Waals surface area contributed by atoms with Crippen LogP contribution in [0.5, 0.6) is 0 Å². The van der Waals surface area contributed by atoms with Gasteiger partial charge in [-0.05, 0) is 39.5 Å². The van der Waals surface area contributed by atoms with Gasteiger partial charge in [-0.1, -0.05) is 19.3 Å². The van der Waals surface area contributed by atoms with Crippen LogP contribution >= 0.6 is 0 Å². The molecule has 0 bridgehead atoms. The first-order valence-electron chi connectivity index (χ1n) is 12.1. The van der Waals surface area contributed by atoms with Gasteiger partial charge >= 0.3 is 0 Å². The summed E-state index contributed by atoms with van der Waals surface area (Å²) in [4.78, 5) is 19.2. The molecule has 0 spiro atoms. The Bertz CT molecular complexity index is 1060. The zero-order chi connectivity index (χ0) is 22.1. The highest BCUT2D eigenvalue weighted by Gasteiger charge is 2.23. The maximum absolute atomic E-state index is 4.98. The second kappa shape index (κ2) is 8.92. The van der Waals surface area contributed by atoms with Crippen molar-refractivity contribution in [1.29, 1.82) is 0 Å². The molecule has 4 heterocycles. The molecule has 1 saturated heterocycles. The van der Waals surface area contributed by atoms with E-state index < -0.39 is 0 Å². The molecule has 8 heteroatoms. The fourth-order valence-corrected chi connectivity index (χ4v) is 4.93. The Balaban J connectivity index is 1.47. The Morgan fingerprint density at radius 3 is 2.50 bits per heavy atom. The molecule has 32 heavy (non-hydrogen) atoms. The molecule has 3 aromatic heterocycles. The summed E-state index contributed by atoms with van der Waals surface area (Å²) < 4.78 is 2.03. The first-order valence-corrected chi connectivity index (χ1v) is 12.1. The zero-order valence-electron chi connectivity index (χ0n) is 19.5. The monoisotopic (exact) mass is 434 g/mol. The lowest BCUT2D eigenvalue weighted by atomic mass is 9.95. The van der Waals surface area contributed by atoms with E-state index in [1.807, 2.05) is 17.1 Å². The van der Waals surface area contributed by atoms with Gasteiger partial charge < -0.3 is 15.1 Å². The Hall–Kier alpha value is -2.90. The van der Waals surface area contributed by atoms with E-state index in [4.69, 9.17) is 9.97 Å². The maximum Gasteiger partial charge on any atom is 0.229 e. The molecule has 1 aliphatic carbocycles. The summed E-state index contributed by atoms with van der Waals surface area (Å²) in [6.07, 6.45) is 12.5. The van der Waals surface area contributed by atoms with Crippen molar-refractivity contribution in [1.82, 2.24) is 24.7 Å². The third kappa shape index (κ3) is 4.23. The van der Waals surface area contributed by atoms with Crippen molar-refractivity contribution in [3.8, 4) is 0 Å². The van der Waals surface area contributed by atoms with Crippen LogP contribution in [0.3, 0.4) is 0 Å². The molecule has 1 saturated carbocycles. The normalized spacial score (nSPS) is 17.4. The third-order valence-electron chi connectivity index (χ3n) is 6.79. The van der Waals surface area contributed by atoms with Crippen LogP contribution in [-0.2, 0) is 0 Å². The van der Waals surface area contributed by atoms with E-state index in [0.717, 1.165) is 47.4 Å². The minimum atomic E-state index is 0.291. The van der Waals surface area contributed by atoms with Crippen LogP contribution in [0.2, 0.25) is 0 Å². The molecule has 0 radical (unpaired) electrons. The molecule has 0 aromatic carbocycles. The minimum absolute atomic E-state index is 0.291. The second-order valence-electron chi connectivity index (χ2n) is 9.44. The smallest absolute Gasteiger partial charge is 0.229 e. The molecule has 2 fully saturated rings. The van der Waals surface area contributed by atoms with Crippen molar-refractivity contribution in [2.24, 2.45) is 0 Å². The van der Waals surface area contributed by atoms with Crippen LogP contribution < -0.4 is 15.1 Å². The predicted octanol–water partition coefficient (Wildman–Crippen LogP) is 4.91. The average Bonchev–Trinajstić information content (AvgIpc) is 3.49. The molecule has 170 valence electrons. The number of hydrogen-bond acceptors (Lipinski definition) is 7. The number of anilines is 4. The summed E-state index contributed by atoms with van der Waals surface area (Å²) >= 11 is 0. The molecule has 0 amide bonds. The van der Waals surface area contributed by atoms with Crippen molar-refractivity contribution in [3.05, 3.63) is 24.5 Å². The molecule has 8 nitrogen and oxygen atoms in total. The van der Waals surface area contributed by atoms with Gasteiger partial charge in [0.1, 0.15) is 17.5 Å². The van der Waals surface area contributed by atoms with E-state index in [2.05, 4.69) is 58.2 Å². The standard InChI is InChI=1S/C24H34N8/c1-17(2)32-20-13-21(25-15-18(20)16-26-32)27-22-14-23(31-11-7-8-12-31)29-24(28-22)30(3)19-9-5-4-6-10-19/h13-17,19H,4-12H2,1-3H3,(H,25,27,28,29). The van der Waals surface area contributed by atoms with Gasteiger partial charge in [0.2, 0.25) is 5.95 Å². The molecular formula is C24H34N8. The first-order chi connectivity index (χ1) is 15.6. The minimum Gasteiger partial charge on any atom is -0.356 e. The molecular weight excluding hydrogens is 400 g/mol. The summed E-state index contributed by atoms with van der Waals surface area (Å²) in [6, 6.07) is 4.93. The highest BCUT2D eigenvalue weighted by atomic mass is 15.3. The van der Waals surface area contributed by atoms with Crippen molar-refractivity contribution in [3.63, 3.8) is 0 Å². The van der Waals surface area contributed by atoms with Crippen molar-refractivity contribution >= 4 is 34.3 Å². The molecule has 3 aromatic rings. The van der Waals surface area contributed by atoms with Crippen molar-refractivity contribution in [2.75, 3.05) is 35.3 Å². The molecule has 2 aliphatic rings. The highest BCUT2D eigenvalue weighted by Crippen LogP contribution is 2.29. The lowest BCUT2D eigenvalue weighted by Gasteiger charge is -2.32. The molecule has 1 N–H and O–H groups in total. The SMILES string of the molecule is CC(C)n1ncc2cnc(Nc3cc(N4CCCC4)nc(N(C)C4CCCCC4)n3)cc21. The Morgan fingerprint density at radius 2 is 1.75 bits per heavy atom. The summed E-state index contributed by atoms with van der Waals surface area (Å²) in [6.45, 7) is 6.39. The number of aromatic nitrogens is 5. The molecule has 5 rings (SSSR count). The number of rotatable bonds is 6. The van der Waals surface area contributed by atoms with Crippen molar-refractivity contribution in [2.45, 2.75) is 70.9 Å². The average molecular weight is 435 g/mol. The largest absolute Gasteiger partial charge is 0.356 e. The maximum atomic E-state index is 4.98. The summed E-state index contributed by atoms with van der Waals surface area (Å²) in [5.74, 6) is 3.38. The zero-order valence-corrected chi connectivity index (χ0v) is 19.5. The number of hydrogen-bond donors (Lipinski definition) is 1. The van der Waals surface area contributed by atoms with Crippen LogP contribution in [0, 0.1) is 0 Å². The van der Waals surface area contributed by atoms with Gasteiger partial charge in [0.15, 0.2) is 0 Å². The Morgan fingerprint density at radius 1 is 0.969 bits per heavy atom. The number of pyridine rings is 1. The highest BCUT2D eigenvalue weighted by molar-refractivity contribution is 5.81. The van der Waals surface area contributed by atoms with Gasteiger partial charge in [0.25, 0.3) is 0 Å². The summed E-state index contributed by atoms with van der Waals surface area (Å²) in [5, 5.41) is 9.01. The van der Waals surface area contributed by atoms with E-state index in [1.165, 1.54) is 44.9 Å². The van der Waals surface area contributed by atoms with E-state index in [0.29, 0.717) is 12.1 Å². The Kier molecular flexibility index (Phi) is 5.85.